The summed E-state index contributed by atoms with van der Waals surface area (Å²) in [6.07, 6.45) is 1.86. The molecule has 0 fully saturated rings. The van der Waals surface area contributed by atoms with E-state index in [-0.39, 0.29) is 17.2 Å². The summed E-state index contributed by atoms with van der Waals surface area (Å²) in [7, 11) is 0. The smallest absolute Gasteiger partial charge is 0.233 e. The van der Waals surface area contributed by atoms with E-state index in [4.69, 9.17) is 9.47 Å². The van der Waals surface area contributed by atoms with Crippen molar-refractivity contribution in [2.75, 3.05) is 13.2 Å². The summed E-state index contributed by atoms with van der Waals surface area (Å²) in [6, 6.07) is 15.9. The molecule has 4 rings (SSSR count). The third kappa shape index (κ3) is 4.71. The standard InChI is InChI=1S/C24H27N3O3S/c1-4-27-20(19-10-11-21-22(14-19)30-13-12-29-21)15-25-24(27)31-17(3)23(28)26-16(2)18-8-6-5-7-9-18/h5-11,14-17H,4,12-13H2,1-3H3,(H,26,28). The molecule has 2 aromatic carbocycles. The number of ether oxygens (including phenoxy) is 2. The van der Waals surface area contributed by atoms with Crippen molar-refractivity contribution < 1.29 is 14.3 Å². The molecule has 0 saturated heterocycles. The van der Waals surface area contributed by atoms with E-state index in [0.717, 1.165) is 40.0 Å². The normalized spacial score (nSPS) is 14.7. The second-order valence-corrected chi connectivity index (χ2v) is 8.74. The molecule has 1 N–H and O–H groups in total. The molecule has 0 bridgehead atoms. The van der Waals surface area contributed by atoms with Crippen LogP contribution in [0.15, 0.2) is 59.9 Å². The molecule has 0 radical (unpaired) electrons. The zero-order valence-electron chi connectivity index (χ0n) is 18.0. The van der Waals surface area contributed by atoms with Crippen molar-refractivity contribution in [1.29, 1.82) is 0 Å². The van der Waals surface area contributed by atoms with Crippen LogP contribution < -0.4 is 14.8 Å². The largest absolute Gasteiger partial charge is 0.486 e. The molecule has 2 heterocycles. The summed E-state index contributed by atoms with van der Waals surface area (Å²) in [5, 5.41) is 3.65. The van der Waals surface area contributed by atoms with Crippen LogP contribution in [0, 0.1) is 0 Å². The summed E-state index contributed by atoms with van der Waals surface area (Å²) in [6.45, 7) is 7.87. The molecule has 3 aromatic rings. The Morgan fingerprint density at radius 2 is 1.87 bits per heavy atom. The van der Waals surface area contributed by atoms with Crippen molar-refractivity contribution in [3.8, 4) is 22.8 Å². The molecule has 7 heteroatoms. The molecular weight excluding hydrogens is 410 g/mol. The van der Waals surface area contributed by atoms with Crippen LogP contribution in [-0.4, -0.2) is 33.9 Å². The lowest BCUT2D eigenvalue weighted by atomic mass is 10.1. The van der Waals surface area contributed by atoms with Gasteiger partial charge in [0.15, 0.2) is 16.7 Å². The Kier molecular flexibility index (Phi) is 6.51. The van der Waals surface area contributed by atoms with Crippen LogP contribution in [-0.2, 0) is 11.3 Å². The Labute approximate surface area is 187 Å². The van der Waals surface area contributed by atoms with E-state index in [1.807, 2.05) is 68.6 Å². The van der Waals surface area contributed by atoms with E-state index in [9.17, 15) is 4.79 Å². The van der Waals surface area contributed by atoms with Crippen LogP contribution >= 0.6 is 11.8 Å². The van der Waals surface area contributed by atoms with Crippen LogP contribution in [0.2, 0.25) is 0 Å². The highest BCUT2D eigenvalue weighted by Gasteiger charge is 2.21. The van der Waals surface area contributed by atoms with Gasteiger partial charge in [-0.2, -0.15) is 0 Å². The van der Waals surface area contributed by atoms with Crippen LogP contribution in [0.3, 0.4) is 0 Å². The molecule has 0 aliphatic carbocycles. The van der Waals surface area contributed by atoms with Crippen molar-refractivity contribution >= 4 is 17.7 Å². The number of hydrogen-bond acceptors (Lipinski definition) is 5. The summed E-state index contributed by atoms with van der Waals surface area (Å²) in [4.78, 5) is 17.4. The van der Waals surface area contributed by atoms with Crippen molar-refractivity contribution in [2.45, 2.75) is 43.8 Å². The average Bonchev–Trinajstić information content (AvgIpc) is 3.21. The summed E-state index contributed by atoms with van der Waals surface area (Å²) in [5.74, 6) is 1.52. The van der Waals surface area contributed by atoms with Gasteiger partial charge in [-0.3, -0.25) is 4.79 Å². The van der Waals surface area contributed by atoms with E-state index in [2.05, 4.69) is 21.8 Å². The van der Waals surface area contributed by atoms with E-state index in [1.54, 1.807) is 0 Å². The van der Waals surface area contributed by atoms with Gasteiger partial charge in [-0.15, -0.1) is 0 Å². The number of carbonyl (C=O) groups excluding carboxylic acids is 1. The molecule has 2 atom stereocenters. The van der Waals surface area contributed by atoms with Gasteiger partial charge in [-0.05, 0) is 44.5 Å². The Morgan fingerprint density at radius 3 is 2.61 bits per heavy atom. The Balaban J connectivity index is 1.48. The second kappa shape index (κ2) is 9.47. The Hall–Kier alpha value is -2.93. The number of aromatic nitrogens is 2. The van der Waals surface area contributed by atoms with E-state index >= 15 is 0 Å². The number of fused-ring (bicyclic) bond motifs is 1. The first-order valence-electron chi connectivity index (χ1n) is 10.5. The first kappa shape index (κ1) is 21.3. The predicted molar refractivity (Wildman–Crippen MR) is 123 cm³/mol. The number of benzene rings is 2. The van der Waals surface area contributed by atoms with Crippen molar-refractivity contribution in [3.05, 3.63) is 60.3 Å². The van der Waals surface area contributed by atoms with E-state index in [1.165, 1.54) is 11.8 Å². The first-order valence-corrected chi connectivity index (χ1v) is 11.4. The maximum Gasteiger partial charge on any atom is 0.233 e. The maximum absolute atomic E-state index is 12.8. The highest BCUT2D eigenvalue weighted by atomic mass is 32.2. The quantitative estimate of drug-likeness (QED) is 0.543. The van der Waals surface area contributed by atoms with Gasteiger partial charge in [0.05, 0.1) is 23.2 Å². The molecule has 0 spiro atoms. The van der Waals surface area contributed by atoms with Gasteiger partial charge in [0.1, 0.15) is 13.2 Å². The van der Waals surface area contributed by atoms with Crippen LogP contribution in [0.4, 0.5) is 0 Å². The summed E-state index contributed by atoms with van der Waals surface area (Å²) < 4.78 is 13.5. The number of hydrogen-bond donors (Lipinski definition) is 1. The van der Waals surface area contributed by atoms with Crippen LogP contribution in [0.25, 0.3) is 11.3 Å². The lowest BCUT2D eigenvalue weighted by Gasteiger charge is -2.19. The van der Waals surface area contributed by atoms with Gasteiger partial charge in [0.25, 0.3) is 0 Å². The molecule has 31 heavy (non-hydrogen) atoms. The van der Waals surface area contributed by atoms with Gasteiger partial charge >= 0.3 is 0 Å². The Morgan fingerprint density at radius 1 is 1.13 bits per heavy atom. The zero-order chi connectivity index (χ0) is 21.8. The lowest BCUT2D eigenvalue weighted by Crippen LogP contribution is -2.33. The SMILES string of the molecule is CCn1c(-c2ccc3c(c2)OCCO3)cnc1SC(C)C(=O)NC(C)c1ccccc1. The van der Waals surface area contributed by atoms with Crippen molar-refractivity contribution in [3.63, 3.8) is 0 Å². The third-order valence-electron chi connectivity index (χ3n) is 5.28. The molecule has 1 amide bonds. The molecule has 1 aromatic heterocycles. The van der Waals surface area contributed by atoms with Gasteiger partial charge in [-0.1, -0.05) is 42.1 Å². The lowest BCUT2D eigenvalue weighted by molar-refractivity contribution is -0.120. The van der Waals surface area contributed by atoms with Gasteiger partial charge < -0.3 is 19.4 Å². The fourth-order valence-electron chi connectivity index (χ4n) is 3.56. The molecule has 1 aliphatic heterocycles. The number of rotatable bonds is 7. The molecule has 1 aliphatic rings. The predicted octanol–water partition coefficient (Wildman–Crippen LogP) is 4.70. The summed E-state index contributed by atoms with van der Waals surface area (Å²) in [5.41, 5.74) is 3.09. The molecule has 2 unspecified atom stereocenters. The molecule has 0 saturated carbocycles. The minimum Gasteiger partial charge on any atom is -0.486 e. The zero-order valence-corrected chi connectivity index (χ0v) is 18.8. The maximum atomic E-state index is 12.8. The molecule has 162 valence electrons. The van der Waals surface area contributed by atoms with E-state index in [0.29, 0.717) is 13.2 Å². The molecular formula is C24H27N3O3S. The Bertz CT molecular complexity index is 1050. The number of amides is 1. The minimum absolute atomic E-state index is 0.00659. The first-order chi connectivity index (χ1) is 15.1. The fourth-order valence-corrected chi connectivity index (χ4v) is 4.52. The average molecular weight is 438 g/mol. The number of nitrogens with one attached hydrogen (secondary N) is 1. The minimum atomic E-state index is -0.271. The topological polar surface area (TPSA) is 65.4 Å². The van der Waals surface area contributed by atoms with E-state index < -0.39 is 0 Å². The van der Waals surface area contributed by atoms with Gasteiger partial charge in [-0.25, -0.2) is 4.98 Å². The highest BCUT2D eigenvalue weighted by molar-refractivity contribution is 8.00. The highest BCUT2D eigenvalue weighted by Crippen LogP contribution is 2.36. The van der Waals surface area contributed by atoms with Crippen molar-refractivity contribution in [2.24, 2.45) is 0 Å². The second-order valence-electron chi connectivity index (χ2n) is 7.43. The monoisotopic (exact) mass is 437 g/mol. The van der Waals surface area contributed by atoms with Crippen LogP contribution in [0.5, 0.6) is 11.5 Å². The van der Waals surface area contributed by atoms with Crippen molar-refractivity contribution in [1.82, 2.24) is 14.9 Å². The number of thioether (sulfide) groups is 1. The molecule has 6 nitrogen and oxygen atoms in total. The van der Waals surface area contributed by atoms with Gasteiger partial charge in [0.2, 0.25) is 5.91 Å². The van der Waals surface area contributed by atoms with Crippen LogP contribution in [0.1, 0.15) is 32.4 Å². The number of imidazole rings is 1. The summed E-state index contributed by atoms with van der Waals surface area (Å²) >= 11 is 1.47. The number of carbonyl (C=O) groups is 1. The number of nitrogens with zero attached hydrogens (tertiary/aromatic N) is 2. The van der Waals surface area contributed by atoms with Gasteiger partial charge in [0, 0.05) is 12.1 Å². The third-order valence-corrected chi connectivity index (χ3v) is 6.39. The fraction of sp³-hybridized carbons (Fsp3) is 0.333.